The Labute approximate surface area is 128 Å². The van der Waals surface area contributed by atoms with Crippen LogP contribution in [0.1, 0.15) is 62.9 Å². The first-order valence-electron chi connectivity index (χ1n) is 8.34. The van der Waals surface area contributed by atoms with Crippen molar-refractivity contribution in [1.82, 2.24) is 9.88 Å². The van der Waals surface area contributed by atoms with Crippen LogP contribution in [-0.2, 0) is 6.54 Å². The van der Waals surface area contributed by atoms with E-state index in [-0.39, 0.29) is 5.91 Å². The van der Waals surface area contributed by atoms with E-state index >= 15 is 0 Å². The average molecular weight is 291 g/mol. The Balaban J connectivity index is 1.81. The number of nitrogen functional groups attached to an aromatic ring is 1. The molecule has 1 aliphatic rings. The zero-order valence-electron chi connectivity index (χ0n) is 13.4. The number of anilines is 1. The fourth-order valence-electron chi connectivity index (χ4n) is 3.45. The molecule has 21 heavy (non-hydrogen) atoms. The number of hydrogen-bond donors (Lipinski definition) is 2. The van der Waals surface area contributed by atoms with E-state index in [0.29, 0.717) is 11.4 Å². The molecule has 1 aromatic rings. The van der Waals surface area contributed by atoms with Crippen molar-refractivity contribution in [2.75, 3.05) is 12.3 Å². The third-order valence-corrected chi connectivity index (χ3v) is 4.50. The summed E-state index contributed by atoms with van der Waals surface area (Å²) in [4.78, 5) is 12.3. The van der Waals surface area contributed by atoms with Gasteiger partial charge in [0.1, 0.15) is 5.69 Å². The van der Waals surface area contributed by atoms with Crippen molar-refractivity contribution in [1.29, 1.82) is 0 Å². The van der Waals surface area contributed by atoms with Crippen molar-refractivity contribution in [3.63, 3.8) is 0 Å². The Bertz CT molecular complexity index is 467. The normalized spacial score (nSPS) is 22.2. The number of amides is 1. The van der Waals surface area contributed by atoms with Gasteiger partial charge in [-0.3, -0.25) is 4.79 Å². The first-order valence-corrected chi connectivity index (χ1v) is 8.34. The molecule has 2 rings (SSSR count). The molecule has 0 bridgehead atoms. The van der Waals surface area contributed by atoms with Gasteiger partial charge in [0.2, 0.25) is 0 Å². The van der Waals surface area contributed by atoms with Gasteiger partial charge in [0.25, 0.3) is 5.91 Å². The number of nitrogens with one attached hydrogen (secondary N) is 1. The standard InChI is InChI=1S/C17H29N3O/c1-3-9-20-12-15(18)11-16(20)17(21)19-8-7-14-6-4-5-13(2)10-14/h11-14H,3-10,18H2,1-2H3,(H,19,21). The lowest BCUT2D eigenvalue weighted by molar-refractivity contribution is 0.0940. The molecule has 4 heteroatoms. The summed E-state index contributed by atoms with van der Waals surface area (Å²) in [5, 5.41) is 3.06. The third kappa shape index (κ3) is 4.51. The van der Waals surface area contributed by atoms with Crippen LogP contribution in [0.3, 0.4) is 0 Å². The number of nitrogens with two attached hydrogens (primary N) is 1. The third-order valence-electron chi connectivity index (χ3n) is 4.50. The summed E-state index contributed by atoms with van der Waals surface area (Å²) in [5.74, 6) is 1.63. The molecule has 1 aliphatic carbocycles. The number of nitrogens with zero attached hydrogens (tertiary/aromatic N) is 1. The van der Waals surface area contributed by atoms with Gasteiger partial charge in [0.15, 0.2) is 0 Å². The molecule has 4 nitrogen and oxygen atoms in total. The van der Waals surface area contributed by atoms with Crippen LogP contribution in [0, 0.1) is 11.8 Å². The molecule has 118 valence electrons. The highest BCUT2D eigenvalue weighted by Gasteiger charge is 2.19. The van der Waals surface area contributed by atoms with E-state index in [1.165, 1.54) is 25.7 Å². The number of hydrogen-bond acceptors (Lipinski definition) is 2. The van der Waals surface area contributed by atoms with E-state index in [9.17, 15) is 4.79 Å². The van der Waals surface area contributed by atoms with E-state index in [1.807, 2.05) is 10.8 Å². The molecule has 1 amide bonds. The Morgan fingerprint density at radius 3 is 3.00 bits per heavy atom. The predicted octanol–water partition coefficient (Wildman–Crippen LogP) is 3.43. The number of carbonyl (C=O) groups is 1. The van der Waals surface area contributed by atoms with Crippen molar-refractivity contribution < 1.29 is 4.79 Å². The minimum absolute atomic E-state index is 0.00371. The highest BCUT2D eigenvalue weighted by Crippen LogP contribution is 2.30. The Kier molecular flexibility index (Phi) is 5.71. The quantitative estimate of drug-likeness (QED) is 0.843. The van der Waals surface area contributed by atoms with Crippen LogP contribution in [0.2, 0.25) is 0 Å². The Hall–Kier alpha value is -1.45. The molecule has 2 unspecified atom stereocenters. The van der Waals surface area contributed by atoms with Crippen molar-refractivity contribution in [2.45, 2.75) is 58.9 Å². The van der Waals surface area contributed by atoms with E-state index in [4.69, 9.17) is 5.73 Å². The van der Waals surface area contributed by atoms with Crippen molar-refractivity contribution in [2.24, 2.45) is 11.8 Å². The topological polar surface area (TPSA) is 60.0 Å². The largest absolute Gasteiger partial charge is 0.397 e. The Morgan fingerprint density at radius 1 is 1.48 bits per heavy atom. The van der Waals surface area contributed by atoms with Gasteiger partial charge in [-0.05, 0) is 37.2 Å². The lowest BCUT2D eigenvalue weighted by Gasteiger charge is -2.26. The van der Waals surface area contributed by atoms with Crippen LogP contribution in [0.15, 0.2) is 12.3 Å². The maximum Gasteiger partial charge on any atom is 0.267 e. The molecule has 1 aromatic heterocycles. The summed E-state index contributed by atoms with van der Waals surface area (Å²) in [5.41, 5.74) is 7.16. The zero-order chi connectivity index (χ0) is 15.2. The molecule has 0 aliphatic heterocycles. The summed E-state index contributed by atoms with van der Waals surface area (Å²) in [6, 6.07) is 1.77. The first kappa shape index (κ1) is 15.9. The molecule has 3 N–H and O–H groups in total. The summed E-state index contributed by atoms with van der Waals surface area (Å²) < 4.78 is 1.95. The van der Waals surface area contributed by atoms with E-state index in [1.54, 1.807) is 6.07 Å². The van der Waals surface area contributed by atoms with Gasteiger partial charge < -0.3 is 15.6 Å². The van der Waals surface area contributed by atoms with Gasteiger partial charge >= 0.3 is 0 Å². The van der Waals surface area contributed by atoms with E-state index < -0.39 is 0 Å². The van der Waals surface area contributed by atoms with Gasteiger partial charge in [-0.2, -0.15) is 0 Å². The molecule has 2 atom stereocenters. The second-order valence-corrected chi connectivity index (χ2v) is 6.53. The summed E-state index contributed by atoms with van der Waals surface area (Å²) in [6.07, 6.45) is 9.28. The molecular formula is C17H29N3O. The molecule has 0 saturated heterocycles. The van der Waals surface area contributed by atoms with Gasteiger partial charge in [-0.25, -0.2) is 0 Å². The fraction of sp³-hybridized carbons (Fsp3) is 0.706. The lowest BCUT2D eigenvalue weighted by atomic mass is 9.81. The van der Waals surface area contributed by atoms with Crippen LogP contribution in [-0.4, -0.2) is 17.0 Å². The predicted molar refractivity (Wildman–Crippen MR) is 87.2 cm³/mol. The van der Waals surface area contributed by atoms with Crippen LogP contribution < -0.4 is 11.1 Å². The molecule has 1 heterocycles. The van der Waals surface area contributed by atoms with Crippen molar-refractivity contribution in [3.8, 4) is 0 Å². The van der Waals surface area contributed by atoms with Crippen LogP contribution >= 0.6 is 0 Å². The molecule has 1 fully saturated rings. The van der Waals surface area contributed by atoms with Crippen LogP contribution in [0.4, 0.5) is 5.69 Å². The molecule has 0 spiro atoms. The second-order valence-electron chi connectivity index (χ2n) is 6.53. The minimum atomic E-state index is 0.00371. The minimum Gasteiger partial charge on any atom is -0.397 e. The monoisotopic (exact) mass is 291 g/mol. The van der Waals surface area contributed by atoms with Crippen molar-refractivity contribution in [3.05, 3.63) is 18.0 Å². The average Bonchev–Trinajstić information content (AvgIpc) is 2.80. The van der Waals surface area contributed by atoms with Gasteiger partial charge in [0.05, 0.1) is 5.69 Å². The first-order chi connectivity index (χ1) is 10.1. The van der Waals surface area contributed by atoms with Crippen LogP contribution in [0.5, 0.6) is 0 Å². The van der Waals surface area contributed by atoms with Crippen molar-refractivity contribution >= 4 is 11.6 Å². The fourth-order valence-corrected chi connectivity index (χ4v) is 3.45. The smallest absolute Gasteiger partial charge is 0.267 e. The van der Waals surface area contributed by atoms with E-state index in [2.05, 4.69) is 19.2 Å². The maximum absolute atomic E-state index is 12.3. The number of carbonyl (C=O) groups excluding carboxylic acids is 1. The number of aryl methyl sites for hydroxylation is 1. The van der Waals surface area contributed by atoms with E-state index in [0.717, 1.165) is 37.8 Å². The lowest BCUT2D eigenvalue weighted by Crippen LogP contribution is -2.28. The molecule has 0 aromatic carbocycles. The Morgan fingerprint density at radius 2 is 2.29 bits per heavy atom. The molecule has 0 radical (unpaired) electrons. The second kappa shape index (κ2) is 7.53. The van der Waals surface area contributed by atoms with Gasteiger partial charge in [0, 0.05) is 19.3 Å². The highest BCUT2D eigenvalue weighted by molar-refractivity contribution is 5.93. The SMILES string of the molecule is CCCn1cc(N)cc1C(=O)NCCC1CCCC(C)C1. The summed E-state index contributed by atoms with van der Waals surface area (Å²) in [7, 11) is 0. The molecular weight excluding hydrogens is 262 g/mol. The number of aromatic nitrogens is 1. The summed E-state index contributed by atoms with van der Waals surface area (Å²) in [6.45, 7) is 6.04. The zero-order valence-corrected chi connectivity index (χ0v) is 13.4. The number of rotatable bonds is 6. The molecule has 1 saturated carbocycles. The van der Waals surface area contributed by atoms with Crippen LogP contribution in [0.25, 0.3) is 0 Å². The summed E-state index contributed by atoms with van der Waals surface area (Å²) >= 11 is 0. The highest BCUT2D eigenvalue weighted by atomic mass is 16.1. The van der Waals surface area contributed by atoms with Gasteiger partial charge in [-0.1, -0.05) is 33.1 Å². The maximum atomic E-state index is 12.3. The van der Waals surface area contributed by atoms with Gasteiger partial charge in [-0.15, -0.1) is 0 Å².